The van der Waals surface area contributed by atoms with Gasteiger partial charge in [-0.05, 0) is 53.9 Å². The van der Waals surface area contributed by atoms with E-state index in [1.165, 1.54) is 0 Å². The standard InChI is InChI=1S/C21H19N5O2/c27-20-7-6-17(25-20)21(28)26-19-13-15(9-11-23-19)14-8-10-22-18(12-14)24-16-4-2-1-3-5-16/h1-5,8-13,17H,6-7H2,(H,22,24)(H,25,27)(H,23,26,28). The van der Waals surface area contributed by atoms with Crippen molar-refractivity contribution >= 4 is 29.1 Å². The van der Waals surface area contributed by atoms with Crippen molar-refractivity contribution in [2.24, 2.45) is 0 Å². The Morgan fingerprint density at radius 2 is 1.64 bits per heavy atom. The monoisotopic (exact) mass is 373 g/mol. The number of hydrogen-bond donors (Lipinski definition) is 3. The Labute approximate surface area is 162 Å². The van der Waals surface area contributed by atoms with Gasteiger partial charge in [-0.1, -0.05) is 18.2 Å². The van der Waals surface area contributed by atoms with Crippen LogP contribution in [0.2, 0.25) is 0 Å². The van der Waals surface area contributed by atoms with E-state index in [0.29, 0.717) is 18.7 Å². The van der Waals surface area contributed by atoms with Crippen LogP contribution in [0.15, 0.2) is 67.0 Å². The minimum Gasteiger partial charge on any atom is -0.344 e. The van der Waals surface area contributed by atoms with Crippen LogP contribution in [0, 0.1) is 0 Å². The number of carbonyl (C=O) groups is 2. The van der Waals surface area contributed by atoms with Gasteiger partial charge >= 0.3 is 0 Å². The topological polar surface area (TPSA) is 96.0 Å². The van der Waals surface area contributed by atoms with Crippen LogP contribution in [-0.4, -0.2) is 27.8 Å². The summed E-state index contributed by atoms with van der Waals surface area (Å²) in [6, 6.07) is 16.8. The van der Waals surface area contributed by atoms with Gasteiger partial charge in [0.15, 0.2) is 0 Å². The van der Waals surface area contributed by atoms with Gasteiger partial charge in [0.25, 0.3) is 0 Å². The van der Waals surface area contributed by atoms with Gasteiger partial charge in [-0.3, -0.25) is 9.59 Å². The predicted octanol–water partition coefficient (Wildman–Crippen LogP) is 3.10. The molecule has 0 spiro atoms. The average Bonchev–Trinajstić information content (AvgIpc) is 3.16. The van der Waals surface area contributed by atoms with Gasteiger partial charge in [-0.2, -0.15) is 0 Å². The number of para-hydroxylation sites is 1. The molecule has 1 fully saturated rings. The van der Waals surface area contributed by atoms with Gasteiger partial charge in [0.05, 0.1) is 0 Å². The van der Waals surface area contributed by atoms with Crippen LogP contribution in [0.5, 0.6) is 0 Å². The number of amides is 2. The zero-order valence-corrected chi connectivity index (χ0v) is 15.1. The van der Waals surface area contributed by atoms with E-state index in [1.54, 1.807) is 18.5 Å². The molecule has 3 aromatic rings. The molecule has 0 aliphatic carbocycles. The molecule has 1 unspecified atom stereocenters. The number of rotatable bonds is 5. The molecule has 0 radical (unpaired) electrons. The van der Waals surface area contributed by atoms with Gasteiger partial charge < -0.3 is 16.0 Å². The Morgan fingerprint density at radius 3 is 2.32 bits per heavy atom. The molecular weight excluding hydrogens is 354 g/mol. The molecule has 4 rings (SSSR count). The Morgan fingerprint density at radius 1 is 0.964 bits per heavy atom. The van der Waals surface area contributed by atoms with Gasteiger partial charge in [-0.25, -0.2) is 9.97 Å². The normalized spacial score (nSPS) is 15.7. The molecule has 1 atom stereocenters. The third kappa shape index (κ3) is 4.15. The summed E-state index contributed by atoms with van der Waals surface area (Å²) in [5, 5.41) is 8.69. The summed E-state index contributed by atoms with van der Waals surface area (Å²) in [6.07, 6.45) is 4.25. The summed E-state index contributed by atoms with van der Waals surface area (Å²) in [6.45, 7) is 0. The summed E-state index contributed by atoms with van der Waals surface area (Å²) < 4.78 is 0. The van der Waals surface area contributed by atoms with Crippen molar-refractivity contribution < 1.29 is 9.59 Å². The van der Waals surface area contributed by atoms with Crippen LogP contribution in [0.1, 0.15) is 12.8 Å². The first-order valence-electron chi connectivity index (χ1n) is 9.02. The van der Waals surface area contributed by atoms with Crippen molar-refractivity contribution in [3.05, 3.63) is 67.0 Å². The number of hydrogen-bond acceptors (Lipinski definition) is 5. The third-order valence-corrected chi connectivity index (χ3v) is 4.46. The molecule has 1 aliphatic rings. The molecule has 1 aliphatic heterocycles. The second kappa shape index (κ2) is 7.87. The minimum atomic E-state index is -0.499. The molecule has 0 bridgehead atoms. The summed E-state index contributed by atoms with van der Waals surface area (Å²) in [4.78, 5) is 32.1. The van der Waals surface area contributed by atoms with Crippen molar-refractivity contribution in [2.75, 3.05) is 10.6 Å². The number of nitrogens with one attached hydrogen (secondary N) is 3. The highest BCUT2D eigenvalue weighted by atomic mass is 16.2. The van der Waals surface area contributed by atoms with Crippen LogP contribution in [0.4, 0.5) is 17.3 Å². The van der Waals surface area contributed by atoms with E-state index < -0.39 is 6.04 Å². The zero-order chi connectivity index (χ0) is 19.3. The fourth-order valence-electron chi connectivity index (χ4n) is 3.05. The van der Waals surface area contributed by atoms with Crippen LogP contribution >= 0.6 is 0 Å². The highest BCUT2D eigenvalue weighted by Gasteiger charge is 2.27. The number of nitrogens with zero attached hydrogens (tertiary/aromatic N) is 2. The van der Waals surface area contributed by atoms with E-state index in [1.807, 2.05) is 48.5 Å². The SMILES string of the molecule is O=C1CCC(C(=O)Nc2cc(-c3ccnc(Nc4ccccc4)c3)ccn2)N1. The fourth-order valence-corrected chi connectivity index (χ4v) is 3.05. The highest BCUT2D eigenvalue weighted by molar-refractivity contribution is 5.98. The molecule has 3 N–H and O–H groups in total. The van der Waals surface area contributed by atoms with E-state index >= 15 is 0 Å². The first-order chi connectivity index (χ1) is 13.7. The minimum absolute atomic E-state index is 0.0999. The molecule has 7 nitrogen and oxygen atoms in total. The largest absolute Gasteiger partial charge is 0.344 e. The van der Waals surface area contributed by atoms with E-state index in [0.717, 1.165) is 22.6 Å². The van der Waals surface area contributed by atoms with Crippen molar-refractivity contribution in [1.29, 1.82) is 0 Å². The van der Waals surface area contributed by atoms with Gasteiger partial charge in [0.2, 0.25) is 11.8 Å². The lowest BCUT2D eigenvalue weighted by atomic mass is 10.1. The summed E-state index contributed by atoms with van der Waals surface area (Å²) >= 11 is 0. The zero-order valence-electron chi connectivity index (χ0n) is 15.1. The van der Waals surface area contributed by atoms with E-state index in [9.17, 15) is 9.59 Å². The first-order valence-corrected chi connectivity index (χ1v) is 9.02. The number of benzene rings is 1. The lowest BCUT2D eigenvalue weighted by molar-refractivity contribution is -0.122. The first kappa shape index (κ1) is 17.7. The lowest BCUT2D eigenvalue weighted by Crippen LogP contribution is -2.37. The van der Waals surface area contributed by atoms with Crippen molar-refractivity contribution in [3.63, 3.8) is 0 Å². The Hall–Kier alpha value is -3.74. The van der Waals surface area contributed by atoms with Gasteiger partial charge in [0, 0.05) is 24.5 Å². The molecule has 140 valence electrons. The molecule has 2 aromatic heterocycles. The van der Waals surface area contributed by atoms with Crippen LogP contribution in [-0.2, 0) is 9.59 Å². The molecule has 1 aromatic carbocycles. The Kier molecular flexibility index (Phi) is 4.97. The van der Waals surface area contributed by atoms with Gasteiger partial charge in [-0.15, -0.1) is 0 Å². The molecular formula is C21H19N5O2. The molecule has 1 saturated heterocycles. The second-order valence-electron chi connectivity index (χ2n) is 6.50. The Bertz CT molecular complexity index is 1010. The van der Waals surface area contributed by atoms with Crippen molar-refractivity contribution in [3.8, 4) is 11.1 Å². The van der Waals surface area contributed by atoms with E-state index in [-0.39, 0.29) is 11.8 Å². The maximum absolute atomic E-state index is 12.3. The molecule has 2 amide bonds. The van der Waals surface area contributed by atoms with Crippen molar-refractivity contribution in [2.45, 2.75) is 18.9 Å². The maximum atomic E-state index is 12.3. The van der Waals surface area contributed by atoms with Gasteiger partial charge in [0.1, 0.15) is 17.7 Å². The average molecular weight is 373 g/mol. The summed E-state index contributed by atoms with van der Waals surface area (Å²) in [5.74, 6) is 0.812. The van der Waals surface area contributed by atoms with Crippen molar-refractivity contribution in [1.82, 2.24) is 15.3 Å². The second-order valence-corrected chi connectivity index (χ2v) is 6.50. The van der Waals surface area contributed by atoms with E-state index in [4.69, 9.17) is 0 Å². The van der Waals surface area contributed by atoms with Crippen LogP contribution in [0.3, 0.4) is 0 Å². The molecule has 7 heteroatoms. The van der Waals surface area contributed by atoms with E-state index in [2.05, 4.69) is 25.9 Å². The number of carbonyl (C=O) groups excluding carboxylic acids is 2. The number of anilines is 3. The summed E-state index contributed by atoms with van der Waals surface area (Å²) in [7, 11) is 0. The highest BCUT2D eigenvalue weighted by Crippen LogP contribution is 2.24. The predicted molar refractivity (Wildman–Crippen MR) is 107 cm³/mol. The quantitative estimate of drug-likeness (QED) is 0.639. The lowest BCUT2D eigenvalue weighted by Gasteiger charge is -2.11. The number of aromatic nitrogens is 2. The smallest absolute Gasteiger partial charge is 0.248 e. The Balaban J connectivity index is 1.50. The molecule has 3 heterocycles. The maximum Gasteiger partial charge on any atom is 0.248 e. The summed E-state index contributed by atoms with van der Waals surface area (Å²) in [5.41, 5.74) is 2.80. The van der Waals surface area contributed by atoms with Crippen LogP contribution in [0.25, 0.3) is 11.1 Å². The van der Waals surface area contributed by atoms with Crippen LogP contribution < -0.4 is 16.0 Å². The molecule has 0 saturated carbocycles. The third-order valence-electron chi connectivity index (χ3n) is 4.46. The fraction of sp³-hybridized carbons (Fsp3) is 0.143. The number of pyridine rings is 2. The molecule has 28 heavy (non-hydrogen) atoms.